The van der Waals surface area contributed by atoms with Crippen molar-refractivity contribution >= 4 is 17.5 Å². The number of hydrogen-bond acceptors (Lipinski definition) is 7. The van der Waals surface area contributed by atoms with E-state index in [0.29, 0.717) is 38.9 Å². The molecule has 3 rings (SSSR count). The fraction of sp³-hybridized carbons (Fsp3) is 0.200. The maximum absolute atomic E-state index is 13.2. The average Bonchev–Trinajstić information content (AvgIpc) is 3.26. The van der Waals surface area contributed by atoms with Crippen molar-refractivity contribution < 1.29 is 14.3 Å². The van der Waals surface area contributed by atoms with Crippen molar-refractivity contribution in [2.45, 2.75) is 17.0 Å². The Labute approximate surface area is 196 Å². The summed E-state index contributed by atoms with van der Waals surface area (Å²) in [6, 6.07) is 21.5. The molecule has 0 spiro atoms. The molecular formula is C25H20N4O3S. The summed E-state index contributed by atoms with van der Waals surface area (Å²) in [4.78, 5) is 13.2. The highest BCUT2D eigenvalue weighted by Crippen LogP contribution is 2.39. The van der Waals surface area contributed by atoms with Gasteiger partial charge in [-0.2, -0.15) is 15.8 Å². The molecule has 0 aliphatic heterocycles. The van der Waals surface area contributed by atoms with Gasteiger partial charge in [0.25, 0.3) is 0 Å². The molecule has 7 nitrogen and oxygen atoms in total. The lowest BCUT2D eigenvalue weighted by Crippen LogP contribution is -2.34. The number of nitriles is 3. The van der Waals surface area contributed by atoms with Gasteiger partial charge in [0.15, 0.2) is 5.78 Å². The molecular weight excluding hydrogens is 436 g/mol. The molecule has 0 aliphatic rings. The number of benzene rings is 2. The van der Waals surface area contributed by atoms with Crippen molar-refractivity contribution in [3.63, 3.8) is 0 Å². The first-order chi connectivity index (χ1) is 16.0. The Kier molecular flexibility index (Phi) is 7.08. The van der Waals surface area contributed by atoms with Crippen molar-refractivity contribution in [2.75, 3.05) is 20.5 Å². The van der Waals surface area contributed by atoms with Gasteiger partial charge < -0.3 is 14.0 Å². The second kappa shape index (κ2) is 9.96. The van der Waals surface area contributed by atoms with Gasteiger partial charge in [-0.3, -0.25) is 4.79 Å². The number of rotatable bonds is 8. The first-order valence-corrected chi connectivity index (χ1v) is 11.0. The Morgan fingerprint density at radius 1 is 1.00 bits per heavy atom. The van der Waals surface area contributed by atoms with Crippen LogP contribution in [0.4, 0.5) is 0 Å². The fourth-order valence-corrected chi connectivity index (χ4v) is 4.32. The SMILES string of the molecule is COc1cccc(C(=O)CC(C#N)(C#N)n2c(-c3cccc(OC)c3)cc(C#N)c2SC)c1. The zero-order valence-electron chi connectivity index (χ0n) is 18.3. The molecule has 2 aromatic carbocycles. The largest absolute Gasteiger partial charge is 0.497 e. The second-order valence-corrected chi connectivity index (χ2v) is 7.84. The number of ketones is 1. The molecule has 0 N–H and O–H groups in total. The smallest absolute Gasteiger partial charge is 0.226 e. The van der Waals surface area contributed by atoms with Gasteiger partial charge in [-0.25, -0.2) is 0 Å². The summed E-state index contributed by atoms with van der Waals surface area (Å²) in [7, 11) is 3.03. The van der Waals surface area contributed by atoms with E-state index in [1.165, 1.54) is 30.5 Å². The molecule has 33 heavy (non-hydrogen) atoms. The Balaban J connectivity index is 2.22. The van der Waals surface area contributed by atoms with Crippen LogP contribution in [0.1, 0.15) is 22.3 Å². The monoisotopic (exact) mass is 456 g/mol. The minimum Gasteiger partial charge on any atom is -0.497 e. The van der Waals surface area contributed by atoms with Crippen LogP contribution in [-0.2, 0) is 5.54 Å². The normalized spacial score (nSPS) is 10.5. The minimum absolute atomic E-state index is 0.309. The van der Waals surface area contributed by atoms with E-state index in [9.17, 15) is 20.6 Å². The van der Waals surface area contributed by atoms with E-state index in [-0.39, 0.29) is 0 Å². The fourth-order valence-electron chi connectivity index (χ4n) is 3.56. The highest BCUT2D eigenvalue weighted by molar-refractivity contribution is 7.98. The lowest BCUT2D eigenvalue weighted by atomic mass is 9.92. The number of nitrogens with zero attached hydrogens (tertiary/aromatic N) is 4. The molecule has 1 aromatic heterocycles. The van der Waals surface area contributed by atoms with Gasteiger partial charge >= 0.3 is 0 Å². The molecule has 0 atom stereocenters. The van der Waals surface area contributed by atoms with E-state index < -0.39 is 17.7 Å². The predicted octanol–water partition coefficient (Wildman–Crippen LogP) is 4.78. The average molecular weight is 457 g/mol. The second-order valence-electron chi connectivity index (χ2n) is 7.05. The minimum atomic E-state index is -1.88. The van der Waals surface area contributed by atoms with Gasteiger partial charge in [-0.05, 0) is 36.6 Å². The Morgan fingerprint density at radius 3 is 2.21 bits per heavy atom. The third-order valence-electron chi connectivity index (χ3n) is 5.19. The van der Waals surface area contributed by atoms with E-state index in [1.54, 1.807) is 60.9 Å². The first-order valence-electron chi connectivity index (χ1n) is 9.81. The zero-order chi connectivity index (χ0) is 24.0. The third-order valence-corrected chi connectivity index (χ3v) is 5.98. The molecule has 0 unspecified atom stereocenters. The summed E-state index contributed by atoms with van der Waals surface area (Å²) in [5.74, 6) is 0.680. The van der Waals surface area contributed by atoms with Crippen molar-refractivity contribution in [2.24, 2.45) is 0 Å². The quantitative estimate of drug-likeness (QED) is 0.354. The highest BCUT2D eigenvalue weighted by Gasteiger charge is 2.40. The molecule has 0 saturated heterocycles. The van der Waals surface area contributed by atoms with Crippen LogP contribution in [0.2, 0.25) is 0 Å². The number of methoxy groups -OCH3 is 2. The lowest BCUT2D eigenvalue weighted by Gasteiger charge is -2.25. The Morgan fingerprint density at radius 2 is 1.64 bits per heavy atom. The van der Waals surface area contributed by atoms with Crippen molar-refractivity contribution in [1.29, 1.82) is 15.8 Å². The molecule has 164 valence electrons. The first kappa shape index (κ1) is 23.5. The molecule has 0 saturated carbocycles. The molecule has 0 aliphatic carbocycles. The van der Waals surface area contributed by atoms with Crippen LogP contribution in [0.3, 0.4) is 0 Å². The lowest BCUT2D eigenvalue weighted by molar-refractivity contribution is 0.0956. The van der Waals surface area contributed by atoms with Gasteiger partial charge in [0.05, 0.1) is 36.9 Å². The van der Waals surface area contributed by atoms with Crippen LogP contribution in [-0.4, -0.2) is 30.8 Å². The van der Waals surface area contributed by atoms with Gasteiger partial charge in [0, 0.05) is 11.1 Å². The van der Waals surface area contributed by atoms with Crippen LogP contribution in [0.15, 0.2) is 59.6 Å². The van der Waals surface area contributed by atoms with Crippen LogP contribution < -0.4 is 9.47 Å². The zero-order valence-corrected chi connectivity index (χ0v) is 19.1. The third kappa shape index (κ3) is 4.41. The number of Topliss-reactive ketones (excluding diaryl/α,β-unsaturated/α-hetero) is 1. The molecule has 3 aromatic rings. The predicted molar refractivity (Wildman–Crippen MR) is 124 cm³/mol. The summed E-state index contributed by atoms with van der Waals surface area (Å²) >= 11 is 1.23. The number of aromatic nitrogens is 1. The standard InChI is InChI=1S/C25H20N4O3S/c1-31-20-8-4-6-17(10-20)22-12-19(14-26)24(33-3)29(22)25(15-27,16-28)13-23(30)18-7-5-9-21(11-18)32-2/h4-12H,13H2,1-3H3. The van der Waals surface area contributed by atoms with E-state index in [0.717, 1.165) is 0 Å². The number of thioether (sulfide) groups is 1. The highest BCUT2D eigenvalue weighted by atomic mass is 32.2. The van der Waals surface area contributed by atoms with Crippen molar-refractivity contribution in [3.05, 3.63) is 65.7 Å². The molecule has 1 heterocycles. The van der Waals surface area contributed by atoms with E-state index in [1.807, 2.05) is 0 Å². The van der Waals surface area contributed by atoms with Gasteiger partial charge in [-0.15, -0.1) is 11.8 Å². The molecule has 0 fully saturated rings. The van der Waals surface area contributed by atoms with E-state index in [2.05, 4.69) is 18.2 Å². The van der Waals surface area contributed by atoms with Crippen molar-refractivity contribution in [1.82, 2.24) is 4.57 Å². The Bertz CT molecular complexity index is 1310. The topological polar surface area (TPSA) is 112 Å². The molecule has 0 radical (unpaired) electrons. The maximum Gasteiger partial charge on any atom is 0.226 e. The van der Waals surface area contributed by atoms with Crippen LogP contribution in [0, 0.1) is 34.0 Å². The van der Waals surface area contributed by atoms with Crippen LogP contribution in [0.5, 0.6) is 11.5 Å². The summed E-state index contributed by atoms with van der Waals surface area (Å²) in [5.41, 5.74) is -0.132. The van der Waals surface area contributed by atoms with Gasteiger partial charge in [0.2, 0.25) is 5.54 Å². The summed E-state index contributed by atoms with van der Waals surface area (Å²) < 4.78 is 12.0. The number of ether oxygens (including phenoxy) is 2. The summed E-state index contributed by atoms with van der Waals surface area (Å²) in [5, 5.41) is 30.6. The van der Waals surface area contributed by atoms with Gasteiger partial charge in [0.1, 0.15) is 29.7 Å². The van der Waals surface area contributed by atoms with Crippen LogP contribution >= 0.6 is 11.8 Å². The summed E-state index contributed by atoms with van der Waals surface area (Å²) in [6.07, 6.45) is 1.35. The van der Waals surface area contributed by atoms with Crippen molar-refractivity contribution in [3.8, 4) is 41.0 Å². The molecule has 8 heteroatoms. The number of carbonyl (C=O) groups is 1. The Hall–Kier alpha value is -4.19. The summed E-state index contributed by atoms with van der Waals surface area (Å²) in [6.45, 7) is 0. The number of carbonyl (C=O) groups excluding carboxylic acids is 1. The molecule has 0 amide bonds. The van der Waals surface area contributed by atoms with E-state index >= 15 is 0 Å². The molecule has 0 bridgehead atoms. The van der Waals surface area contributed by atoms with Crippen LogP contribution in [0.25, 0.3) is 11.3 Å². The van der Waals surface area contributed by atoms with E-state index in [4.69, 9.17) is 9.47 Å². The number of hydrogen-bond donors (Lipinski definition) is 0. The maximum atomic E-state index is 13.2. The van der Waals surface area contributed by atoms with Gasteiger partial charge in [-0.1, -0.05) is 24.3 Å².